The summed E-state index contributed by atoms with van der Waals surface area (Å²) in [5.41, 5.74) is 0.690. The molecule has 2 nitrogen and oxygen atoms in total. The third kappa shape index (κ3) is 4.55. The first-order valence-corrected chi connectivity index (χ1v) is 6.13. The van der Waals surface area contributed by atoms with E-state index in [1.54, 1.807) is 12.1 Å². The fourth-order valence-corrected chi connectivity index (χ4v) is 1.90. The van der Waals surface area contributed by atoms with E-state index in [0.717, 1.165) is 25.7 Å². The molecule has 94 valence electrons. The van der Waals surface area contributed by atoms with Crippen molar-refractivity contribution in [2.75, 3.05) is 0 Å². The molecule has 0 radical (unpaired) electrons. The Labute approximate surface area is 101 Å². The number of rotatable bonds is 7. The summed E-state index contributed by atoms with van der Waals surface area (Å²) in [5.74, 6) is -1.66. The van der Waals surface area contributed by atoms with Gasteiger partial charge in [-0.2, -0.15) is 0 Å². The average molecular weight is 238 g/mol. The highest BCUT2D eigenvalue weighted by molar-refractivity contribution is 5.75. The Morgan fingerprint density at radius 2 is 1.88 bits per heavy atom. The van der Waals surface area contributed by atoms with Crippen molar-refractivity contribution in [1.82, 2.24) is 0 Å². The third-order valence-corrected chi connectivity index (χ3v) is 2.92. The minimum atomic E-state index is -0.826. The van der Waals surface area contributed by atoms with Crippen LogP contribution in [0.5, 0.6) is 0 Å². The highest BCUT2D eigenvalue weighted by atomic mass is 19.1. The molecule has 0 heterocycles. The third-order valence-electron chi connectivity index (χ3n) is 2.92. The molecule has 0 bridgehead atoms. The van der Waals surface area contributed by atoms with E-state index in [-0.39, 0.29) is 5.82 Å². The molecule has 3 heteroatoms. The van der Waals surface area contributed by atoms with E-state index in [1.165, 1.54) is 12.1 Å². The molecule has 0 aliphatic rings. The number of halogens is 1. The van der Waals surface area contributed by atoms with Crippen molar-refractivity contribution < 1.29 is 14.3 Å². The van der Waals surface area contributed by atoms with E-state index in [1.807, 2.05) is 0 Å². The Balaban J connectivity index is 2.59. The molecule has 17 heavy (non-hydrogen) atoms. The zero-order chi connectivity index (χ0) is 12.7. The summed E-state index contributed by atoms with van der Waals surface area (Å²) in [6.45, 7) is 2.12. The van der Waals surface area contributed by atoms with Crippen molar-refractivity contribution in [2.24, 2.45) is 0 Å². The highest BCUT2D eigenvalue weighted by Gasteiger charge is 2.18. The fourth-order valence-electron chi connectivity index (χ4n) is 1.90. The number of benzene rings is 1. The van der Waals surface area contributed by atoms with Crippen molar-refractivity contribution in [3.8, 4) is 0 Å². The topological polar surface area (TPSA) is 37.3 Å². The number of hydrogen-bond acceptors (Lipinski definition) is 1. The fraction of sp³-hybridized carbons (Fsp3) is 0.500. The summed E-state index contributed by atoms with van der Waals surface area (Å²) in [5, 5.41) is 9.16. The molecule has 1 atom stereocenters. The first-order chi connectivity index (χ1) is 8.15. The maximum atomic E-state index is 12.8. The quantitative estimate of drug-likeness (QED) is 0.730. The van der Waals surface area contributed by atoms with Crippen LogP contribution in [-0.2, 0) is 4.79 Å². The van der Waals surface area contributed by atoms with E-state index in [2.05, 4.69) is 6.92 Å². The van der Waals surface area contributed by atoms with Gasteiger partial charge in [-0.1, -0.05) is 44.7 Å². The largest absolute Gasteiger partial charge is 0.481 e. The number of aliphatic carboxylic acids is 1. The molecule has 0 aliphatic carbocycles. The van der Waals surface area contributed by atoms with Crippen molar-refractivity contribution >= 4 is 5.97 Å². The second-order valence-electron chi connectivity index (χ2n) is 4.29. The lowest BCUT2D eigenvalue weighted by atomic mass is 9.93. The van der Waals surface area contributed by atoms with E-state index < -0.39 is 11.9 Å². The van der Waals surface area contributed by atoms with Crippen LogP contribution in [0.3, 0.4) is 0 Å². The Hall–Kier alpha value is -1.38. The van der Waals surface area contributed by atoms with Gasteiger partial charge in [0.1, 0.15) is 5.82 Å². The van der Waals surface area contributed by atoms with Crippen LogP contribution >= 0.6 is 0 Å². The van der Waals surface area contributed by atoms with Crippen LogP contribution < -0.4 is 0 Å². The molecule has 1 aromatic carbocycles. The summed E-state index contributed by atoms with van der Waals surface area (Å²) in [7, 11) is 0. The molecule has 1 unspecified atom stereocenters. The molecule has 0 aliphatic heterocycles. The molecule has 0 saturated heterocycles. The summed E-state index contributed by atoms with van der Waals surface area (Å²) >= 11 is 0. The van der Waals surface area contributed by atoms with Gasteiger partial charge in [0.15, 0.2) is 0 Å². The van der Waals surface area contributed by atoms with Gasteiger partial charge in [-0.15, -0.1) is 0 Å². The molecule has 0 fully saturated rings. The Bertz CT molecular complexity index is 346. The minimum absolute atomic E-state index is 0.330. The number of carboxylic acids is 1. The van der Waals surface area contributed by atoms with Crippen molar-refractivity contribution in [3.63, 3.8) is 0 Å². The van der Waals surface area contributed by atoms with E-state index in [9.17, 15) is 9.18 Å². The maximum absolute atomic E-state index is 12.8. The number of carboxylic acid groups (broad SMARTS) is 1. The molecule has 0 saturated carbocycles. The van der Waals surface area contributed by atoms with E-state index in [4.69, 9.17) is 5.11 Å². The van der Waals surface area contributed by atoms with Crippen LogP contribution in [0, 0.1) is 5.82 Å². The molecular weight excluding hydrogens is 219 g/mol. The normalized spacial score (nSPS) is 12.4. The molecule has 0 spiro atoms. The van der Waals surface area contributed by atoms with Gasteiger partial charge in [-0.25, -0.2) is 4.39 Å². The van der Waals surface area contributed by atoms with Gasteiger partial charge < -0.3 is 5.11 Å². The van der Waals surface area contributed by atoms with Crippen LogP contribution in [0.25, 0.3) is 0 Å². The SMILES string of the molecule is CCCCCCC(C(=O)O)c1ccc(F)cc1. The van der Waals surface area contributed by atoms with Gasteiger partial charge in [0.05, 0.1) is 5.92 Å². The molecular formula is C14H19FO2. The molecule has 1 N–H and O–H groups in total. The van der Waals surface area contributed by atoms with Crippen LogP contribution in [-0.4, -0.2) is 11.1 Å². The molecule has 1 rings (SSSR count). The van der Waals surface area contributed by atoms with Crippen molar-refractivity contribution in [1.29, 1.82) is 0 Å². The van der Waals surface area contributed by atoms with Gasteiger partial charge in [0, 0.05) is 0 Å². The summed E-state index contributed by atoms with van der Waals surface area (Å²) in [6.07, 6.45) is 4.86. The van der Waals surface area contributed by atoms with E-state index in [0.29, 0.717) is 12.0 Å². The monoisotopic (exact) mass is 238 g/mol. The van der Waals surface area contributed by atoms with Crippen molar-refractivity contribution in [2.45, 2.75) is 44.9 Å². The lowest BCUT2D eigenvalue weighted by molar-refractivity contribution is -0.139. The van der Waals surface area contributed by atoms with Crippen molar-refractivity contribution in [3.05, 3.63) is 35.6 Å². The smallest absolute Gasteiger partial charge is 0.310 e. The minimum Gasteiger partial charge on any atom is -0.481 e. The predicted molar refractivity (Wildman–Crippen MR) is 65.5 cm³/mol. The van der Waals surface area contributed by atoms with Crippen LogP contribution in [0.15, 0.2) is 24.3 Å². The zero-order valence-corrected chi connectivity index (χ0v) is 10.2. The number of unbranched alkanes of at least 4 members (excludes halogenated alkanes) is 3. The Kier molecular flexibility index (Phi) is 5.67. The first-order valence-electron chi connectivity index (χ1n) is 6.13. The second kappa shape index (κ2) is 7.05. The molecule has 0 aromatic heterocycles. The second-order valence-corrected chi connectivity index (χ2v) is 4.29. The standard InChI is InChI=1S/C14H19FO2/c1-2-3-4-5-6-13(14(16)17)11-7-9-12(15)10-8-11/h7-10,13H,2-6H2,1H3,(H,16,17). The lowest BCUT2D eigenvalue weighted by Gasteiger charge is -2.12. The Morgan fingerprint density at radius 3 is 2.41 bits per heavy atom. The van der Waals surface area contributed by atoms with Crippen LogP contribution in [0.1, 0.15) is 50.5 Å². The number of hydrogen-bond donors (Lipinski definition) is 1. The summed E-state index contributed by atoms with van der Waals surface area (Å²) in [6, 6.07) is 5.76. The first kappa shape index (κ1) is 13.7. The van der Waals surface area contributed by atoms with Crippen LogP contribution in [0.4, 0.5) is 4.39 Å². The Morgan fingerprint density at radius 1 is 1.24 bits per heavy atom. The van der Waals surface area contributed by atoms with Crippen LogP contribution in [0.2, 0.25) is 0 Å². The van der Waals surface area contributed by atoms with Gasteiger partial charge >= 0.3 is 5.97 Å². The average Bonchev–Trinajstić information content (AvgIpc) is 2.30. The molecule has 1 aromatic rings. The summed E-state index contributed by atoms with van der Waals surface area (Å²) in [4.78, 5) is 11.2. The predicted octanol–water partition coefficient (Wildman–Crippen LogP) is 3.96. The number of carbonyl (C=O) groups is 1. The summed E-state index contributed by atoms with van der Waals surface area (Å²) < 4.78 is 12.8. The van der Waals surface area contributed by atoms with E-state index >= 15 is 0 Å². The highest BCUT2D eigenvalue weighted by Crippen LogP contribution is 2.23. The maximum Gasteiger partial charge on any atom is 0.310 e. The van der Waals surface area contributed by atoms with Gasteiger partial charge in [0.2, 0.25) is 0 Å². The van der Waals surface area contributed by atoms with Gasteiger partial charge in [-0.05, 0) is 24.1 Å². The lowest BCUT2D eigenvalue weighted by Crippen LogP contribution is -2.11. The van der Waals surface area contributed by atoms with Gasteiger partial charge in [-0.3, -0.25) is 4.79 Å². The molecule has 0 amide bonds. The van der Waals surface area contributed by atoms with Gasteiger partial charge in [0.25, 0.3) is 0 Å². The zero-order valence-electron chi connectivity index (χ0n) is 10.2.